The summed E-state index contributed by atoms with van der Waals surface area (Å²) in [5.41, 5.74) is 6.88. The van der Waals surface area contributed by atoms with Crippen LogP contribution < -0.4 is 5.32 Å². The maximum Gasteiger partial charge on any atom is 0.227 e. The van der Waals surface area contributed by atoms with E-state index in [0.717, 1.165) is 68.1 Å². The Kier molecular flexibility index (Phi) is 5.55. The van der Waals surface area contributed by atoms with Crippen LogP contribution in [-0.2, 0) is 4.79 Å². The second-order valence-electron chi connectivity index (χ2n) is 9.77. The zero-order chi connectivity index (χ0) is 26.5. The number of aromatic nitrogens is 6. The molecule has 0 saturated heterocycles. The predicted octanol–water partition coefficient (Wildman–Crippen LogP) is 6.23. The molecule has 0 aromatic carbocycles. The summed E-state index contributed by atoms with van der Waals surface area (Å²) in [6, 6.07) is 13.6. The maximum atomic E-state index is 12.4. The lowest BCUT2D eigenvalue weighted by atomic mass is 9.85. The van der Waals surface area contributed by atoms with Crippen LogP contribution in [0.25, 0.3) is 55.2 Å². The van der Waals surface area contributed by atoms with Crippen LogP contribution in [0.4, 0.5) is 5.69 Å². The summed E-state index contributed by atoms with van der Waals surface area (Å²) in [4.78, 5) is 43.1. The second-order valence-corrected chi connectivity index (χ2v) is 10.9. The Balaban J connectivity index is 1.25. The topological polar surface area (TPSA) is 129 Å². The molecule has 6 aromatic heterocycles. The molecule has 1 aliphatic rings. The summed E-state index contributed by atoms with van der Waals surface area (Å²) in [7, 11) is 0. The number of ketones is 1. The summed E-state index contributed by atoms with van der Waals surface area (Å²) in [6.45, 7) is 1.58. The summed E-state index contributed by atoms with van der Waals surface area (Å²) >= 11 is 1.47. The maximum absolute atomic E-state index is 12.4. The van der Waals surface area contributed by atoms with Crippen molar-refractivity contribution in [2.24, 2.45) is 5.92 Å². The molecule has 192 valence electrons. The van der Waals surface area contributed by atoms with Crippen molar-refractivity contribution < 1.29 is 9.59 Å². The molecule has 0 spiro atoms. The first kappa shape index (κ1) is 23.4. The van der Waals surface area contributed by atoms with Crippen molar-refractivity contribution in [2.75, 3.05) is 5.32 Å². The van der Waals surface area contributed by atoms with Crippen LogP contribution in [0.3, 0.4) is 0 Å². The molecule has 1 amide bonds. The lowest BCUT2D eigenvalue weighted by Crippen LogP contribution is -2.28. The molecular weight excluding hydrogens is 510 g/mol. The molecular formula is C29H23N7O2S. The summed E-state index contributed by atoms with van der Waals surface area (Å²) < 4.78 is 0. The van der Waals surface area contributed by atoms with Crippen molar-refractivity contribution in [2.45, 2.75) is 26.2 Å². The number of carbonyl (C=O) groups excluding carboxylic acids is 2. The van der Waals surface area contributed by atoms with Crippen LogP contribution in [0.15, 0.2) is 61.1 Å². The predicted molar refractivity (Wildman–Crippen MR) is 151 cm³/mol. The third kappa shape index (κ3) is 4.18. The third-order valence-electron chi connectivity index (χ3n) is 7.19. The fourth-order valence-electron chi connectivity index (χ4n) is 4.85. The SMILES string of the molecule is CC(=O)c1ccc(-c2ccnc3[nH]c(-c4n[nH]c5ccc(-c6cncc(NC(=O)C7CCC7)c6)nc45)cc23)s1. The Hall–Kier alpha value is -4.70. The van der Waals surface area contributed by atoms with Gasteiger partial charge in [0.25, 0.3) is 0 Å². The molecule has 0 aliphatic heterocycles. The van der Waals surface area contributed by atoms with Crippen molar-refractivity contribution >= 4 is 50.8 Å². The first-order valence-corrected chi connectivity index (χ1v) is 13.6. The molecule has 0 atom stereocenters. The van der Waals surface area contributed by atoms with Gasteiger partial charge in [-0.1, -0.05) is 6.42 Å². The number of thiophene rings is 1. The molecule has 0 unspecified atom stereocenters. The highest BCUT2D eigenvalue weighted by atomic mass is 32.1. The van der Waals surface area contributed by atoms with Crippen LogP contribution in [-0.4, -0.2) is 41.8 Å². The van der Waals surface area contributed by atoms with Gasteiger partial charge in [-0.05, 0) is 62.2 Å². The van der Waals surface area contributed by atoms with Gasteiger partial charge in [0.2, 0.25) is 5.91 Å². The number of Topliss-reactive ketones (excluding diaryl/α,β-unsaturated/α-hetero) is 1. The van der Waals surface area contributed by atoms with Crippen molar-refractivity contribution in [1.29, 1.82) is 0 Å². The summed E-state index contributed by atoms with van der Waals surface area (Å²) in [5, 5.41) is 11.6. The molecule has 7 rings (SSSR count). The monoisotopic (exact) mass is 533 g/mol. The molecule has 6 heterocycles. The quantitative estimate of drug-likeness (QED) is 0.218. The average molecular weight is 534 g/mol. The van der Waals surface area contributed by atoms with Gasteiger partial charge in [0.1, 0.15) is 16.9 Å². The Morgan fingerprint density at radius 3 is 2.77 bits per heavy atom. The summed E-state index contributed by atoms with van der Waals surface area (Å²) in [6.07, 6.45) is 8.14. The minimum Gasteiger partial charge on any atom is -0.338 e. The van der Waals surface area contributed by atoms with Crippen molar-refractivity contribution in [3.63, 3.8) is 0 Å². The number of pyridine rings is 3. The van der Waals surface area contributed by atoms with E-state index in [1.807, 2.05) is 42.5 Å². The Labute approximate surface area is 226 Å². The smallest absolute Gasteiger partial charge is 0.227 e. The molecule has 6 aromatic rings. The number of nitrogens with one attached hydrogen (secondary N) is 3. The minimum absolute atomic E-state index is 0.0487. The number of carbonyl (C=O) groups is 2. The summed E-state index contributed by atoms with van der Waals surface area (Å²) in [5.74, 6) is 0.198. The molecule has 3 N–H and O–H groups in total. The van der Waals surface area contributed by atoms with Gasteiger partial charge in [-0.15, -0.1) is 11.3 Å². The van der Waals surface area contributed by atoms with Gasteiger partial charge in [0.15, 0.2) is 5.78 Å². The lowest BCUT2D eigenvalue weighted by molar-refractivity contribution is -0.122. The molecule has 0 bridgehead atoms. The van der Waals surface area contributed by atoms with Gasteiger partial charge in [0.05, 0.1) is 33.7 Å². The highest BCUT2D eigenvalue weighted by molar-refractivity contribution is 7.17. The van der Waals surface area contributed by atoms with Crippen LogP contribution >= 0.6 is 11.3 Å². The van der Waals surface area contributed by atoms with Crippen molar-refractivity contribution in [3.8, 4) is 33.1 Å². The molecule has 10 heteroatoms. The highest BCUT2D eigenvalue weighted by Crippen LogP contribution is 2.36. The number of rotatable bonds is 6. The fourth-order valence-corrected chi connectivity index (χ4v) is 5.79. The van der Waals surface area contributed by atoms with E-state index >= 15 is 0 Å². The zero-order valence-electron chi connectivity index (χ0n) is 21.0. The zero-order valence-corrected chi connectivity index (χ0v) is 21.8. The number of hydrogen-bond donors (Lipinski definition) is 3. The minimum atomic E-state index is 0.0487. The number of hydrogen-bond acceptors (Lipinski definition) is 7. The highest BCUT2D eigenvalue weighted by Gasteiger charge is 2.25. The molecule has 39 heavy (non-hydrogen) atoms. The van der Waals surface area contributed by atoms with Crippen LogP contribution in [0.5, 0.6) is 0 Å². The molecule has 1 fully saturated rings. The number of amides is 1. The van der Waals surface area contributed by atoms with Crippen LogP contribution in [0, 0.1) is 5.92 Å². The number of aromatic amines is 2. The number of fused-ring (bicyclic) bond motifs is 2. The number of H-pyrrole nitrogens is 2. The largest absolute Gasteiger partial charge is 0.338 e. The van der Waals surface area contributed by atoms with E-state index in [1.54, 1.807) is 25.5 Å². The van der Waals surface area contributed by atoms with Crippen molar-refractivity contribution in [3.05, 3.63) is 65.9 Å². The Morgan fingerprint density at radius 2 is 1.97 bits per heavy atom. The first-order chi connectivity index (χ1) is 19.0. The first-order valence-electron chi connectivity index (χ1n) is 12.7. The molecule has 1 aliphatic carbocycles. The second kappa shape index (κ2) is 9.25. The van der Waals surface area contributed by atoms with E-state index in [1.165, 1.54) is 11.3 Å². The molecule has 9 nitrogen and oxygen atoms in total. The Bertz CT molecular complexity index is 1900. The van der Waals surface area contributed by atoms with Gasteiger partial charge in [-0.25, -0.2) is 9.97 Å². The molecule has 0 radical (unpaired) electrons. The average Bonchev–Trinajstić information content (AvgIpc) is 3.65. The van der Waals surface area contributed by atoms with E-state index in [-0.39, 0.29) is 17.6 Å². The van der Waals surface area contributed by atoms with Gasteiger partial charge in [-0.2, -0.15) is 5.10 Å². The van der Waals surface area contributed by atoms with E-state index in [0.29, 0.717) is 16.9 Å². The van der Waals surface area contributed by atoms with E-state index < -0.39 is 0 Å². The lowest BCUT2D eigenvalue weighted by Gasteiger charge is -2.24. The number of nitrogens with zero attached hydrogens (tertiary/aromatic N) is 4. The van der Waals surface area contributed by atoms with Gasteiger partial charge in [-0.3, -0.25) is 19.7 Å². The van der Waals surface area contributed by atoms with E-state index in [9.17, 15) is 9.59 Å². The van der Waals surface area contributed by atoms with Crippen molar-refractivity contribution in [1.82, 2.24) is 30.1 Å². The Morgan fingerprint density at radius 1 is 1.08 bits per heavy atom. The van der Waals surface area contributed by atoms with Crippen LogP contribution in [0.1, 0.15) is 35.9 Å². The van der Waals surface area contributed by atoms with Gasteiger partial charge in [0, 0.05) is 39.7 Å². The normalized spacial score (nSPS) is 13.6. The van der Waals surface area contributed by atoms with Crippen LogP contribution in [0.2, 0.25) is 0 Å². The standard InChI is InChI=1S/C29H23N7O2S/c1-15(37)24-7-8-25(39-24)19-9-10-31-28-20(19)12-23(34-28)27-26-22(35-36-27)6-5-21(33-26)17-11-18(14-30-13-17)32-29(38)16-3-2-4-16/h5-14,16H,2-4H2,1H3,(H,31,34)(H,32,38)(H,35,36). The molecule has 1 saturated carbocycles. The van der Waals surface area contributed by atoms with E-state index in [4.69, 9.17) is 4.98 Å². The number of anilines is 1. The van der Waals surface area contributed by atoms with Gasteiger partial charge < -0.3 is 10.3 Å². The fraction of sp³-hybridized carbons (Fsp3) is 0.172. The van der Waals surface area contributed by atoms with Gasteiger partial charge >= 0.3 is 0 Å². The van der Waals surface area contributed by atoms with E-state index in [2.05, 4.69) is 30.5 Å². The third-order valence-corrected chi connectivity index (χ3v) is 8.41.